The number of para-hydroxylation sites is 1. The Bertz CT molecular complexity index is 1120. The molecule has 0 radical (unpaired) electrons. The minimum atomic E-state index is 0.462. The first-order valence-electron chi connectivity index (χ1n) is 9.14. The van der Waals surface area contributed by atoms with Crippen LogP contribution in [0.4, 0.5) is 11.6 Å². The van der Waals surface area contributed by atoms with Crippen LogP contribution < -0.4 is 15.2 Å². The maximum atomic E-state index is 5.97. The normalized spacial score (nSPS) is 10.5. The second-order valence-corrected chi connectivity index (χ2v) is 7.30. The highest BCUT2D eigenvalue weighted by molar-refractivity contribution is 8.00. The van der Waals surface area contributed by atoms with E-state index in [2.05, 4.69) is 27.7 Å². The number of nitrogens with one attached hydrogen (secondary N) is 1. The molecule has 3 N–H and O–H groups in total. The van der Waals surface area contributed by atoms with Gasteiger partial charge in [0.2, 0.25) is 11.8 Å². The van der Waals surface area contributed by atoms with Gasteiger partial charge in [-0.3, -0.25) is 4.72 Å². The Kier molecular flexibility index (Phi) is 5.63. The van der Waals surface area contributed by atoms with E-state index in [4.69, 9.17) is 10.5 Å². The van der Waals surface area contributed by atoms with Crippen molar-refractivity contribution in [3.63, 3.8) is 0 Å². The molecule has 4 aromatic rings. The van der Waals surface area contributed by atoms with E-state index in [9.17, 15) is 0 Å². The van der Waals surface area contributed by atoms with Gasteiger partial charge in [-0.1, -0.05) is 48.5 Å². The zero-order valence-corrected chi connectivity index (χ0v) is 16.7. The van der Waals surface area contributed by atoms with Crippen LogP contribution in [0.1, 0.15) is 5.56 Å². The fourth-order valence-electron chi connectivity index (χ4n) is 2.81. The van der Waals surface area contributed by atoms with Crippen molar-refractivity contribution in [3.05, 3.63) is 90.5 Å². The number of hydrogen-bond donors (Lipinski definition) is 2. The van der Waals surface area contributed by atoms with E-state index in [0.717, 1.165) is 27.5 Å². The topological polar surface area (TPSA) is 73.1 Å². The lowest BCUT2D eigenvalue weighted by Gasteiger charge is -2.12. The number of benzene rings is 3. The van der Waals surface area contributed by atoms with Gasteiger partial charge >= 0.3 is 0 Å². The number of hydrogen-bond acceptors (Lipinski definition) is 6. The molecule has 0 aliphatic heterocycles. The molecule has 0 bridgehead atoms. The minimum absolute atomic E-state index is 0.462. The molecule has 0 aliphatic carbocycles. The highest BCUT2D eigenvalue weighted by Crippen LogP contribution is 2.29. The fraction of sp³-hybridized carbons (Fsp3) is 0.0435. The van der Waals surface area contributed by atoms with Crippen LogP contribution in [-0.2, 0) is 0 Å². The average molecular weight is 401 g/mol. The molecule has 6 heteroatoms. The molecule has 3 aromatic carbocycles. The standard InChI is InChI=1S/C23H20N4OS/c1-16-8-5-6-13-20(16)21-15-22(28-18-10-3-2-4-11-18)26-23(25-21)27-29-19-12-7-9-17(24)14-19/h2-15H,24H2,1H3,(H,25,26,27). The van der Waals surface area contributed by atoms with Gasteiger partial charge in [0.05, 0.1) is 5.69 Å². The van der Waals surface area contributed by atoms with Crippen LogP contribution in [0, 0.1) is 6.92 Å². The number of nitrogen functional groups attached to an aromatic ring is 1. The van der Waals surface area contributed by atoms with Gasteiger partial charge in [0, 0.05) is 22.2 Å². The molecule has 0 saturated carbocycles. The third-order valence-electron chi connectivity index (χ3n) is 4.21. The van der Waals surface area contributed by atoms with Gasteiger partial charge in [0.1, 0.15) is 5.75 Å². The Morgan fingerprint density at radius 2 is 1.66 bits per heavy atom. The number of anilines is 2. The van der Waals surface area contributed by atoms with E-state index in [1.165, 1.54) is 11.9 Å². The SMILES string of the molecule is Cc1ccccc1-c1cc(Oc2ccccc2)nc(NSc2cccc(N)c2)n1. The molecular weight excluding hydrogens is 380 g/mol. The van der Waals surface area contributed by atoms with Crippen LogP contribution in [0.25, 0.3) is 11.3 Å². The molecule has 1 aromatic heterocycles. The highest BCUT2D eigenvalue weighted by atomic mass is 32.2. The van der Waals surface area contributed by atoms with Crippen molar-refractivity contribution in [2.75, 3.05) is 10.5 Å². The van der Waals surface area contributed by atoms with Crippen molar-refractivity contribution in [1.82, 2.24) is 9.97 Å². The first-order valence-corrected chi connectivity index (χ1v) is 9.95. The van der Waals surface area contributed by atoms with Gasteiger partial charge in [0.15, 0.2) is 0 Å². The Labute approximate surface area is 174 Å². The van der Waals surface area contributed by atoms with Crippen molar-refractivity contribution in [2.45, 2.75) is 11.8 Å². The van der Waals surface area contributed by atoms with Crippen molar-refractivity contribution in [1.29, 1.82) is 0 Å². The second kappa shape index (κ2) is 8.67. The summed E-state index contributed by atoms with van der Waals surface area (Å²) in [4.78, 5) is 10.2. The Morgan fingerprint density at radius 1 is 0.862 bits per heavy atom. The zero-order valence-electron chi connectivity index (χ0n) is 15.9. The van der Waals surface area contributed by atoms with Crippen LogP contribution in [-0.4, -0.2) is 9.97 Å². The summed E-state index contributed by atoms with van der Waals surface area (Å²) >= 11 is 1.40. The molecule has 144 valence electrons. The van der Waals surface area contributed by atoms with Crippen molar-refractivity contribution >= 4 is 23.6 Å². The summed E-state index contributed by atoms with van der Waals surface area (Å²) in [5, 5.41) is 0. The maximum absolute atomic E-state index is 5.97. The lowest BCUT2D eigenvalue weighted by atomic mass is 10.1. The van der Waals surface area contributed by atoms with Gasteiger partial charge in [0.25, 0.3) is 0 Å². The first-order chi connectivity index (χ1) is 14.2. The van der Waals surface area contributed by atoms with E-state index in [-0.39, 0.29) is 0 Å². The maximum Gasteiger partial charge on any atom is 0.237 e. The summed E-state index contributed by atoms with van der Waals surface area (Å²) in [6, 6.07) is 27.2. The van der Waals surface area contributed by atoms with Crippen molar-refractivity contribution < 1.29 is 4.74 Å². The average Bonchev–Trinajstić information content (AvgIpc) is 2.73. The third-order valence-corrected chi connectivity index (χ3v) is 4.98. The van der Waals surface area contributed by atoms with E-state index >= 15 is 0 Å². The first kappa shape index (κ1) is 18.8. The molecule has 0 amide bonds. The van der Waals surface area contributed by atoms with Crippen molar-refractivity contribution in [3.8, 4) is 22.9 Å². The molecule has 1 heterocycles. The molecule has 0 spiro atoms. The van der Waals surface area contributed by atoms with Gasteiger partial charge in [-0.25, -0.2) is 4.98 Å². The van der Waals surface area contributed by atoms with Crippen LogP contribution >= 0.6 is 11.9 Å². The van der Waals surface area contributed by atoms with E-state index in [0.29, 0.717) is 17.5 Å². The summed E-state index contributed by atoms with van der Waals surface area (Å²) < 4.78 is 9.17. The molecule has 5 nitrogen and oxygen atoms in total. The summed E-state index contributed by atoms with van der Waals surface area (Å²) in [6.07, 6.45) is 0. The molecule has 0 aliphatic rings. The number of aromatic nitrogens is 2. The summed E-state index contributed by atoms with van der Waals surface area (Å²) in [5.41, 5.74) is 9.52. The van der Waals surface area contributed by atoms with E-state index in [1.54, 1.807) is 0 Å². The lowest BCUT2D eigenvalue weighted by Crippen LogP contribution is -2.00. The largest absolute Gasteiger partial charge is 0.439 e. The Balaban J connectivity index is 1.66. The fourth-order valence-corrected chi connectivity index (χ4v) is 3.46. The monoisotopic (exact) mass is 400 g/mol. The predicted octanol–water partition coefficient (Wildman–Crippen LogP) is 5.95. The molecule has 0 saturated heterocycles. The summed E-state index contributed by atoms with van der Waals surface area (Å²) in [6.45, 7) is 2.06. The number of nitrogens with zero attached hydrogens (tertiary/aromatic N) is 2. The number of aryl methyl sites for hydroxylation is 1. The third kappa shape index (κ3) is 4.86. The Hall–Kier alpha value is -3.51. The van der Waals surface area contributed by atoms with Crippen LogP contribution in [0.5, 0.6) is 11.6 Å². The molecule has 29 heavy (non-hydrogen) atoms. The summed E-state index contributed by atoms with van der Waals surface area (Å²) in [7, 11) is 0. The van der Waals surface area contributed by atoms with Gasteiger partial charge in [-0.05, 0) is 54.8 Å². The zero-order chi connectivity index (χ0) is 20.1. The Morgan fingerprint density at radius 3 is 2.45 bits per heavy atom. The smallest absolute Gasteiger partial charge is 0.237 e. The molecule has 0 unspecified atom stereocenters. The quantitative estimate of drug-likeness (QED) is 0.308. The van der Waals surface area contributed by atoms with Crippen LogP contribution in [0.3, 0.4) is 0 Å². The molecule has 0 atom stereocenters. The molecule has 0 fully saturated rings. The van der Waals surface area contributed by atoms with Crippen LogP contribution in [0.15, 0.2) is 89.8 Å². The number of rotatable bonds is 6. The van der Waals surface area contributed by atoms with Gasteiger partial charge < -0.3 is 10.5 Å². The summed E-state index contributed by atoms with van der Waals surface area (Å²) in [5.74, 6) is 1.65. The van der Waals surface area contributed by atoms with Gasteiger partial charge in [-0.2, -0.15) is 4.98 Å². The minimum Gasteiger partial charge on any atom is -0.439 e. The predicted molar refractivity (Wildman–Crippen MR) is 119 cm³/mol. The molecule has 4 rings (SSSR count). The van der Waals surface area contributed by atoms with E-state index in [1.807, 2.05) is 78.9 Å². The van der Waals surface area contributed by atoms with E-state index < -0.39 is 0 Å². The number of nitrogens with two attached hydrogens (primary N) is 1. The second-order valence-electron chi connectivity index (χ2n) is 6.42. The van der Waals surface area contributed by atoms with Crippen LogP contribution in [0.2, 0.25) is 0 Å². The van der Waals surface area contributed by atoms with Crippen molar-refractivity contribution in [2.24, 2.45) is 0 Å². The number of ether oxygens (including phenoxy) is 1. The van der Waals surface area contributed by atoms with Gasteiger partial charge in [-0.15, -0.1) is 0 Å². The molecular formula is C23H20N4OS. The highest BCUT2D eigenvalue weighted by Gasteiger charge is 2.11. The lowest BCUT2D eigenvalue weighted by molar-refractivity contribution is 0.463.